The normalized spacial score (nSPS) is 15.5. The molecule has 38 heavy (non-hydrogen) atoms. The lowest BCUT2D eigenvalue weighted by atomic mass is 9.67. The van der Waals surface area contributed by atoms with Gasteiger partial charge in [-0.2, -0.15) is 0 Å². The molecule has 0 bridgehead atoms. The van der Waals surface area contributed by atoms with Gasteiger partial charge in [-0.25, -0.2) is 0 Å². The van der Waals surface area contributed by atoms with Crippen LogP contribution in [0.4, 0.5) is 0 Å². The van der Waals surface area contributed by atoms with Crippen LogP contribution in [-0.4, -0.2) is 38.3 Å². The molecule has 0 amide bonds. The van der Waals surface area contributed by atoms with Crippen molar-refractivity contribution in [1.82, 2.24) is 4.90 Å². The van der Waals surface area contributed by atoms with E-state index in [1.54, 1.807) is 0 Å². The van der Waals surface area contributed by atoms with Crippen LogP contribution in [0.15, 0.2) is 121 Å². The molecule has 0 aromatic heterocycles. The van der Waals surface area contributed by atoms with Gasteiger partial charge in [0.05, 0.1) is 0 Å². The average molecular weight is 526 g/mol. The van der Waals surface area contributed by atoms with E-state index in [0.29, 0.717) is 0 Å². The van der Waals surface area contributed by atoms with Gasteiger partial charge in [0.15, 0.2) is 0 Å². The second-order valence-corrected chi connectivity index (χ2v) is 10.5. The molecule has 0 unspecified atom stereocenters. The van der Waals surface area contributed by atoms with Crippen molar-refractivity contribution < 1.29 is 4.74 Å². The second kappa shape index (κ2) is 13.2. The fourth-order valence-electron chi connectivity index (χ4n) is 6.40. The molecule has 1 aliphatic rings. The quantitative estimate of drug-likeness (QED) is 0.195. The largest absolute Gasteiger partial charge is 0.385 e. The van der Waals surface area contributed by atoms with Crippen molar-refractivity contribution in [3.63, 3.8) is 0 Å². The topological polar surface area (TPSA) is 12.5 Å². The van der Waals surface area contributed by atoms with E-state index >= 15 is 0 Å². The van der Waals surface area contributed by atoms with Gasteiger partial charge >= 0.3 is 0 Å². The Balaban J connectivity index is 0.00000336. The van der Waals surface area contributed by atoms with Gasteiger partial charge in [-0.3, -0.25) is 0 Å². The van der Waals surface area contributed by atoms with Gasteiger partial charge in [0.25, 0.3) is 0 Å². The highest BCUT2D eigenvalue weighted by molar-refractivity contribution is 5.85. The molecule has 1 heterocycles. The molecular formula is C35H40ClNO. The van der Waals surface area contributed by atoms with Crippen LogP contribution in [0.5, 0.6) is 0 Å². The molecule has 0 aliphatic carbocycles. The Morgan fingerprint density at radius 3 is 1.50 bits per heavy atom. The van der Waals surface area contributed by atoms with Crippen LogP contribution in [0.1, 0.15) is 47.9 Å². The first kappa shape index (κ1) is 28.1. The Labute approximate surface area is 235 Å². The Morgan fingerprint density at radius 1 is 0.658 bits per heavy atom. The smallest absolute Gasteiger partial charge is 0.0470 e. The zero-order valence-electron chi connectivity index (χ0n) is 22.5. The van der Waals surface area contributed by atoms with Crippen LogP contribution >= 0.6 is 12.4 Å². The van der Waals surface area contributed by atoms with Crippen molar-refractivity contribution >= 4 is 12.4 Å². The van der Waals surface area contributed by atoms with E-state index in [1.807, 2.05) is 7.11 Å². The molecule has 198 valence electrons. The zero-order chi connectivity index (χ0) is 25.4. The fraction of sp³-hybridized carbons (Fsp3) is 0.314. The molecule has 0 N–H and O–H groups in total. The Morgan fingerprint density at radius 2 is 1.08 bits per heavy atom. The van der Waals surface area contributed by atoms with Crippen LogP contribution in [0, 0.1) is 0 Å². The van der Waals surface area contributed by atoms with Crippen LogP contribution in [0.25, 0.3) is 0 Å². The predicted molar refractivity (Wildman–Crippen MR) is 161 cm³/mol. The summed E-state index contributed by atoms with van der Waals surface area (Å²) in [5.74, 6) is 0. The number of piperidine rings is 1. The molecule has 0 spiro atoms. The molecule has 0 saturated carbocycles. The summed E-state index contributed by atoms with van der Waals surface area (Å²) in [6.07, 6.45) is 4.48. The minimum absolute atomic E-state index is 0. The lowest BCUT2D eigenvalue weighted by Crippen LogP contribution is -2.45. The number of nitrogens with zero attached hydrogens (tertiary/aromatic N) is 1. The number of halogens is 1. The van der Waals surface area contributed by atoms with Gasteiger partial charge in [0.2, 0.25) is 0 Å². The summed E-state index contributed by atoms with van der Waals surface area (Å²) < 4.78 is 5.54. The van der Waals surface area contributed by atoms with E-state index in [0.717, 1.165) is 39.1 Å². The number of benzene rings is 4. The van der Waals surface area contributed by atoms with Gasteiger partial charge in [-0.1, -0.05) is 121 Å². The van der Waals surface area contributed by atoms with Crippen molar-refractivity contribution in [1.29, 1.82) is 0 Å². The fourth-order valence-corrected chi connectivity index (χ4v) is 6.40. The number of rotatable bonds is 10. The molecular weight excluding hydrogens is 486 g/mol. The molecule has 2 nitrogen and oxygen atoms in total. The van der Waals surface area contributed by atoms with Gasteiger partial charge in [-0.05, 0) is 73.0 Å². The van der Waals surface area contributed by atoms with Gasteiger partial charge < -0.3 is 9.64 Å². The summed E-state index contributed by atoms with van der Waals surface area (Å²) >= 11 is 0. The Bertz CT molecular complexity index is 1110. The molecule has 3 heteroatoms. The molecule has 0 radical (unpaired) electrons. The number of hydrogen-bond acceptors (Lipinski definition) is 2. The maximum absolute atomic E-state index is 5.54. The van der Waals surface area contributed by atoms with Crippen molar-refractivity contribution in [2.75, 3.05) is 33.4 Å². The predicted octanol–water partition coefficient (Wildman–Crippen LogP) is 7.90. The van der Waals surface area contributed by atoms with Crippen molar-refractivity contribution in [2.24, 2.45) is 0 Å². The van der Waals surface area contributed by atoms with Gasteiger partial charge in [0.1, 0.15) is 0 Å². The third kappa shape index (κ3) is 5.89. The summed E-state index contributed by atoms with van der Waals surface area (Å²) in [6, 6.07) is 44.4. The molecule has 1 fully saturated rings. The first-order chi connectivity index (χ1) is 18.3. The Hall–Kier alpha value is -2.91. The SMILES string of the molecule is COCCC1(c2ccccc2)CCN(CCC(c2ccccc2)(c2ccccc2)c2ccccc2)CC1.Cl. The third-order valence-electron chi connectivity index (χ3n) is 8.59. The van der Waals surface area contributed by atoms with E-state index in [2.05, 4.69) is 126 Å². The maximum Gasteiger partial charge on any atom is 0.0470 e. The van der Waals surface area contributed by atoms with Gasteiger partial charge in [0, 0.05) is 19.1 Å². The minimum Gasteiger partial charge on any atom is -0.385 e. The lowest BCUT2D eigenvalue weighted by molar-refractivity contribution is 0.110. The summed E-state index contributed by atoms with van der Waals surface area (Å²) in [6.45, 7) is 4.11. The number of likely N-dealkylation sites (tertiary alicyclic amines) is 1. The Kier molecular flexibility index (Phi) is 9.80. The first-order valence-corrected chi connectivity index (χ1v) is 13.7. The number of methoxy groups -OCH3 is 1. The van der Waals surface area contributed by atoms with Crippen LogP contribution in [0.2, 0.25) is 0 Å². The number of hydrogen-bond donors (Lipinski definition) is 0. The number of ether oxygens (including phenoxy) is 1. The van der Waals surface area contributed by atoms with Crippen molar-refractivity contribution in [2.45, 2.75) is 36.5 Å². The molecule has 4 aromatic carbocycles. The average Bonchev–Trinajstić information content (AvgIpc) is 2.99. The second-order valence-electron chi connectivity index (χ2n) is 10.5. The minimum atomic E-state index is -0.187. The summed E-state index contributed by atoms with van der Waals surface area (Å²) in [5.41, 5.74) is 5.59. The molecule has 1 aliphatic heterocycles. The summed E-state index contributed by atoms with van der Waals surface area (Å²) in [5, 5.41) is 0. The third-order valence-corrected chi connectivity index (χ3v) is 8.59. The highest BCUT2D eigenvalue weighted by Crippen LogP contribution is 2.43. The van der Waals surface area contributed by atoms with Crippen molar-refractivity contribution in [3.8, 4) is 0 Å². The summed E-state index contributed by atoms with van der Waals surface area (Å²) in [4.78, 5) is 2.69. The van der Waals surface area contributed by atoms with E-state index in [1.165, 1.54) is 35.1 Å². The van der Waals surface area contributed by atoms with E-state index in [-0.39, 0.29) is 23.2 Å². The van der Waals surface area contributed by atoms with Crippen LogP contribution in [-0.2, 0) is 15.6 Å². The highest BCUT2D eigenvalue weighted by Gasteiger charge is 2.39. The lowest BCUT2D eigenvalue weighted by Gasteiger charge is -2.44. The van der Waals surface area contributed by atoms with E-state index in [4.69, 9.17) is 4.74 Å². The van der Waals surface area contributed by atoms with Crippen molar-refractivity contribution in [3.05, 3.63) is 144 Å². The van der Waals surface area contributed by atoms with E-state index < -0.39 is 0 Å². The zero-order valence-corrected chi connectivity index (χ0v) is 23.3. The van der Waals surface area contributed by atoms with E-state index in [9.17, 15) is 0 Å². The molecule has 4 aromatic rings. The maximum atomic E-state index is 5.54. The summed E-state index contributed by atoms with van der Waals surface area (Å²) in [7, 11) is 1.82. The first-order valence-electron chi connectivity index (χ1n) is 13.7. The molecule has 1 saturated heterocycles. The standard InChI is InChI=1S/C35H39NO.ClH/c1-37-29-25-34(30-14-6-2-7-15-30)22-26-36(27-23-34)28-24-35(31-16-8-3-9-17-31,32-18-10-4-11-19-32)33-20-12-5-13-21-33;/h2-21H,22-29H2,1H3;1H. The molecule has 5 rings (SSSR count). The molecule has 0 atom stereocenters. The van der Waals surface area contributed by atoms with Crippen LogP contribution in [0.3, 0.4) is 0 Å². The van der Waals surface area contributed by atoms with Crippen LogP contribution < -0.4 is 0 Å². The van der Waals surface area contributed by atoms with Gasteiger partial charge in [-0.15, -0.1) is 12.4 Å². The highest BCUT2D eigenvalue weighted by atomic mass is 35.5. The monoisotopic (exact) mass is 525 g/mol.